The molecule has 0 spiro atoms. The van der Waals surface area contributed by atoms with Gasteiger partial charge >= 0.3 is 0 Å². The van der Waals surface area contributed by atoms with Crippen LogP contribution in [0.3, 0.4) is 0 Å². The van der Waals surface area contributed by atoms with E-state index >= 15 is 0 Å². The van der Waals surface area contributed by atoms with Gasteiger partial charge in [-0.3, -0.25) is 4.79 Å². The first-order valence-corrected chi connectivity index (χ1v) is 8.26. The van der Waals surface area contributed by atoms with Crippen molar-refractivity contribution in [2.45, 2.75) is 13.8 Å². The molecule has 3 aromatic rings. The van der Waals surface area contributed by atoms with Crippen molar-refractivity contribution >= 4 is 28.8 Å². The number of hydrogen-bond acceptors (Lipinski definition) is 5. The third-order valence-electron chi connectivity index (χ3n) is 3.68. The van der Waals surface area contributed by atoms with Crippen molar-refractivity contribution in [2.75, 3.05) is 19.0 Å². The van der Waals surface area contributed by atoms with Crippen LogP contribution in [0.15, 0.2) is 46.9 Å². The SMILES string of the molecule is CCOc1cc(/C=C/C(=O)Nc2ccc3oc(C)nc3c2)ccc1OC. The number of methoxy groups -OCH3 is 1. The van der Waals surface area contributed by atoms with E-state index < -0.39 is 0 Å². The second-order valence-corrected chi connectivity index (χ2v) is 5.58. The summed E-state index contributed by atoms with van der Waals surface area (Å²) in [5.41, 5.74) is 2.90. The summed E-state index contributed by atoms with van der Waals surface area (Å²) >= 11 is 0. The third-order valence-corrected chi connectivity index (χ3v) is 3.68. The van der Waals surface area contributed by atoms with Gasteiger partial charge in [0.1, 0.15) is 5.52 Å². The fourth-order valence-corrected chi connectivity index (χ4v) is 2.54. The minimum Gasteiger partial charge on any atom is -0.493 e. The Labute approximate surface area is 151 Å². The van der Waals surface area contributed by atoms with Crippen molar-refractivity contribution in [3.63, 3.8) is 0 Å². The van der Waals surface area contributed by atoms with Crippen LogP contribution in [0.2, 0.25) is 0 Å². The molecule has 0 atom stereocenters. The summed E-state index contributed by atoms with van der Waals surface area (Å²) in [5.74, 6) is 1.65. The Hall–Kier alpha value is -3.28. The van der Waals surface area contributed by atoms with Gasteiger partial charge in [-0.2, -0.15) is 0 Å². The summed E-state index contributed by atoms with van der Waals surface area (Å²) < 4.78 is 16.2. The van der Waals surface area contributed by atoms with Gasteiger partial charge < -0.3 is 19.2 Å². The molecule has 0 aliphatic rings. The lowest BCUT2D eigenvalue weighted by atomic mass is 10.2. The number of amides is 1. The van der Waals surface area contributed by atoms with Crippen LogP contribution in [0, 0.1) is 6.92 Å². The molecular weight excluding hydrogens is 332 g/mol. The number of aryl methyl sites for hydroxylation is 1. The molecular formula is C20H20N2O4. The van der Waals surface area contributed by atoms with Gasteiger partial charge in [-0.1, -0.05) is 6.07 Å². The van der Waals surface area contributed by atoms with Crippen LogP contribution in [-0.2, 0) is 4.79 Å². The van der Waals surface area contributed by atoms with E-state index in [0.29, 0.717) is 40.8 Å². The number of ether oxygens (including phenoxy) is 2. The average molecular weight is 352 g/mol. The number of rotatable bonds is 6. The first kappa shape index (κ1) is 17.5. The fraction of sp³-hybridized carbons (Fsp3) is 0.200. The Bertz CT molecular complexity index is 960. The smallest absolute Gasteiger partial charge is 0.248 e. The molecule has 0 aliphatic carbocycles. The second kappa shape index (κ2) is 7.74. The molecule has 1 aromatic heterocycles. The largest absolute Gasteiger partial charge is 0.493 e. The van der Waals surface area contributed by atoms with Crippen LogP contribution in [0.4, 0.5) is 5.69 Å². The van der Waals surface area contributed by atoms with E-state index in [9.17, 15) is 4.79 Å². The quantitative estimate of drug-likeness (QED) is 0.673. The average Bonchev–Trinajstić information content (AvgIpc) is 3.00. The van der Waals surface area contributed by atoms with Crippen LogP contribution in [0.5, 0.6) is 11.5 Å². The second-order valence-electron chi connectivity index (χ2n) is 5.58. The van der Waals surface area contributed by atoms with Crippen molar-refractivity contribution < 1.29 is 18.7 Å². The summed E-state index contributed by atoms with van der Waals surface area (Å²) in [6.45, 7) is 4.23. The lowest BCUT2D eigenvalue weighted by Gasteiger charge is -2.09. The molecule has 1 N–H and O–H groups in total. The molecule has 6 heteroatoms. The summed E-state index contributed by atoms with van der Waals surface area (Å²) in [5, 5.41) is 2.81. The highest BCUT2D eigenvalue weighted by atomic mass is 16.5. The number of aromatic nitrogens is 1. The van der Waals surface area contributed by atoms with Gasteiger partial charge in [0, 0.05) is 18.7 Å². The molecule has 0 bridgehead atoms. The number of benzene rings is 2. The standard InChI is InChI=1S/C20H20N2O4/c1-4-25-19-11-14(5-8-18(19)24-3)6-10-20(23)22-15-7-9-17-16(12-15)21-13(2)26-17/h5-12H,4H2,1-3H3,(H,22,23)/b10-6+. The molecule has 6 nitrogen and oxygen atoms in total. The highest BCUT2D eigenvalue weighted by Gasteiger charge is 2.06. The van der Waals surface area contributed by atoms with E-state index in [1.807, 2.05) is 25.1 Å². The third kappa shape index (κ3) is 4.03. The number of carbonyl (C=O) groups excluding carboxylic acids is 1. The van der Waals surface area contributed by atoms with Gasteiger partial charge in [-0.15, -0.1) is 0 Å². The zero-order valence-corrected chi connectivity index (χ0v) is 14.9. The minimum absolute atomic E-state index is 0.238. The molecule has 0 saturated heterocycles. The summed E-state index contributed by atoms with van der Waals surface area (Å²) in [6.07, 6.45) is 3.19. The van der Waals surface area contributed by atoms with Gasteiger partial charge in [-0.25, -0.2) is 4.98 Å². The zero-order valence-electron chi connectivity index (χ0n) is 14.9. The van der Waals surface area contributed by atoms with E-state index in [0.717, 1.165) is 5.56 Å². The molecule has 26 heavy (non-hydrogen) atoms. The molecule has 0 radical (unpaired) electrons. The van der Waals surface area contributed by atoms with Gasteiger partial charge in [0.05, 0.1) is 13.7 Å². The predicted molar refractivity (Wildman–Crippen MR) is 101 cm³/mol. The molecule has 1 heterocycles. The van der Waals surface area contributed by atoms with Gasteiger partial charge in [0.2, 0.25) is 5.91 Å². The molecule has 2 aromatic carbocycles. The number of oxazole rings is 1. The van der Waals surface area contributed by atoms with Crippen molar-refractivity contribution in [1.29, 1.82) is 0 Å². The Kier molecular flexibility index (Phi) is 5.22. The van der Waals surface area contributed by atoms with Crippen LogP contribution in [-0.4, -0.2) is 24.6 Å². The van der Waals surface area contributed by atoms with E-state index in [-0.39, 0.29) is 5.91 Å². The van der Waals surface area contributed by atoms with Crippen molar-refractivity contribution in [3.05, 3.63) is 53.9 Å². The van der Waals surface area contributed by atoms with E-state index in [4.69, 9.17) is 13.9 Å². The van der Waals surface area contributed by atoms with Crippen molar-refractivity contribution in [3.8, 4) is 11.5 Å². The van der Waals surface area contributed by atoms with Crippen LogP contribution in [0.25, 0.3) is 17.2 Å². The van der Waals surface area contributed by atoms with Gasteiger partial charge in [0.15, 0.2) is 23.0 Å². The first-order chi connectivity index (χ1) is 12.6. The first-order valence-electron chi connectivity index (χ1n) is 8.26. The summed E-state index contributed by atoms with van der Waals surface area (Å²) in [7, 11) is 1.59. The van der Waals surface area contributed by atoms with Crippen LogP contribution >= 0.6 is 0 Å². The summed E-state index contributed by atoms with van der Waals surface area (Å²) in [6, 6.07) is 10.8. The fourth-order valence-electron chi connectivity index (χ4n) is 2.54. The van der Waals surface area contributed by atoms with Crippen molar-refractivity contribution in [2.24, 2.45) is 0 Å². The monoisotopic (exact) mass is 352 g/mol. The molecule has 0 aliphatic heterocycles. The Morgan fingerprint density at radius 3 is 2.85 bits per heavy atom. The Balaban J connectivity index is 1.71. The molecule has 3 rings (SSSR count). The van der Waals surface area contributed by atoms with Crippen LogP contribution in [0.1, 0.15) is 18.4 Å². The van der Waals surface area contributed by atoms with E-state index in [2.05, 4.69) is 10.3 Å². The lowest BCUT2D eigenvalue weighted by molar-refractivity contribution is -0.111. The molecule has 1 amide bonds. The zero-order chi connectivity index (χ0) is 18.5. The number of nitrogens with zero attached hydrogens (tertiary/aromatic N) is 1. The number of fused-ring (bicyclic) bond motifs is 1. The maximum absolute atomic E-state index is 12.2. The topological polar surface area (TPSA) is 73.6 Å². The summed E-state index contributed by atoms with van der Waals surface area (Å²) in [4.78, 5) is 16.4. The minimum atomic E-state index is -0.238. The normalized spacial score (nSPS) is 11.0. The maximum atomic E-state index is 12.2. The predicted octanol–water partition coefficient (Wildman–Crippen LogP) is 4.20. The van der Waals surface area contributed by atoms with E-state index in [1.54, 1.807) is 38.3 Å². The highest BCUT2D eigenvalue weighted by molar-refractivity contribution is 6.02. The number of hydrogen-bond donors (Lipinski definition) is 1. The van der Waals surface area contributed by atoms with E-state index in [1.165, 1.54) is 6.08 Å². The number of nitrogens with one attached hydrogen (secondary N) is 1. The van der Waals surface area contributed by atoms with Gasteiger partial charge in [0.25, 0.3) is 0 Å². The lowest BCUT2D eigenvalue weighted by Crippen LogP contribution is -2.07. The van der Waals surface area contributed by atoms with Gasteiger partial charge in [-0.05, 0) is 48.9 Å². The molecule has 0 unspecified atom stereocenters. The van der Waals surface area contributed by atoms with Crippen LogP contribution < -0.4 is 14.8 Å². The number of anilines is 1. The molecule has 0 saturated carbocycles. The van der Waals surface area contributed by atoms with Crippen molar-refractivity contribution in [1.82, 2.24) is 4.98 Å². The Morgan fingerprint density at radius 1 is 1.23 bits per heavy atom. The highest BCUT2D eigenvalue weighted by Crippen LogP contribution is 2.28. The maximum Gasteiger partial charge on any atom is 0.248 e. The molecule has 0 fully saturated rings. The Morgan fingerprint density at radius 2 is 2.08 bits per heavy atom. The molecule has 134 valence electrons. The number of carbonyl (C=O) groups is 1.